The summed E-state index contributed by atoms with van der Waals surface area (Å²) in [5, 5.41) is 0. The number of fused-ring (bicyclic) bond motifs is 1. The Bertz CT molecular complexity index is 1390. The van der Waals surface area contributed by atoms with Gasteiger partial charge in [-0.3, -0.25) is 9.36 Å². The van der Waals surface area contributed by atoms with Crippen LogP contribution in [0.3, 0.4) is 0 Å². The monoisotopic (exact) mass is 512 g/mol. The molecule has 1 atom stereocenters. The number of rotatable bonds is 5. The van der Waals surface area contributed by atoms with Crippen molar-refractivity contribution in [2.24, 2.45) is 4.99 Å². The maximum Gasteiger partial charge on any atom is 0.338 e. The summed E-state index contributed by atoms with van der Waals surface area (Å²) < 4.78 is 13.7. The molecular formula is C24H21BrN2O4S. The summed E-state index contributed by atoms with van der Waals surface area (Å²) in [5.74, 6) is 0.201. The molecule has 164 valence electrons. The smallest absolute Gasteiger partial charge is 0.338 e. The fourth-order valence-electron chi connectivity index (χ4n) is 3.68. The van der Waals surface area contributed by atoms with Crippen LogP contribution >= 0.6 is 27.3 Å². The van der Waals surface area contributed by atoms with E-state index in [1.165, 1.54) is 11.3 Å². The zero-order chi connectivity index (χ0) is 22.8. The number of ether oxygens (including phenoxy) is 2. The summed E-state index contributed by atoms with van der Waals surface area (Å²) in [6.07, 6.45) is 1.80. The van der Waals surface area contributed by atoms with E-state index in [1.54, 1.807) is 31.6 Å². The lowest BCUT2D eigenvalue weighted by Gasteiger charge is -2.24. The molecule has 3 aromatic rings. The minimum Gasteiger partial charge on any atom is -0.496 e. The number of methoxy groups -OCH3 is 1. The van der Waals surface area contributed by atoms with E-state index in [-0.39, 0.29) is 12.2 Å². The molecule has 6 nitrogen and oxygen atoms in total. The number of hydrogen-bond donors (Lipinski definition) is 0. The average molecular weight is 513 g/mol. The fraction of sp³-hybridized carbons (Fsp3) is 0.208. The van der Waals surface area contributed by atoms with E-state index in [9.17, 15) is 9.59 Å². The molecule has 4 rings (SSSR count). The highest BCUT2D eigenvalue weighted by molar-refractivity contribution is 9.10. The molecule has 0 N–H and O–H groups in total. The van der Waals surface area contributed by atoms with Gasteiger partial charge in [0.15, 0.2) is 4.80 Å². The Kier molecular flexibility index (Phi) is 6.43. The van der Waals surface area contributed by atoms with Crippen molar-refractivity contribution in [3.05, 3.63) is 95.1 Å². The molecular weight excluding hydrogens is 492 g/mol. The van der Waals surface area contributed by atoms with Crippen LogP contribution in [-0.4, -0.2) is 24.3 Å². The molecule has 2 aromatic carbocycles. The number of halogens is 1. The third kappa shape index (κ3) is 4.08. The van der Waals surface area contributed by atoms with E-state index < -0.39 is 12.0 Å². The molecule has 0 bridgehead atoms. The van der Waals surface area contributed by atoms with Crippen LogP contribution in [0.1, 0.15) is 31.0 Å². The van der Waals surface area contributed by atoms with Gasteiger partial charge in [0.05, 0.1) is 35.6 Å². The van der Waals surface area contributed by atoms with Crippen LogP contribution in [0.4, 0.5) is 0 Å². The van der Waals surface area contributed by atoms with E-state index in [2.05, 4.69) is 20.9 Å². The molecule has 32 heavy (non-hydrogen) atoms. The number of hydrogen-bond acceptors (Lipinski definition) is 6. The lowest BCUT2D eigenvalue weighted by Crippen LogP contribution is -2.39. The zero-order valence-corrected chi connectivity index (χ0v) is 20.2. The lowest BCUT2D eigenvalue weighted by molar-refractivity contribution is -0.139. The van der Waals surface area contributed by atoms with Crippen LogP contribution in [0.25, 0.3) is 6.08 Å². The first-order valence-electron chi connectivity index (χ1n) is 10.0. The average Bonchev–Trinajstić information content (AvgIpc) is 3.08. The maximum absolute atomic E-state index is 13.6. The first kappa shape index (κ1) is 22.2. The number of nitrogens with zero attached hydrogens (tertiary/aromatic N) is 2. The molecule has 8 heteroatoms. The van der Waals surface area contributed by atoms with Gasteiger partial charge < -0.3 is 9.47 Å². The van der Waals surface area contributed by atoms with Gasteiger partial charge >= 0.3 is 5.97 Å². The van der Waals surface area contributed by atoms with Crippen molar-refractivity contribution < 1.29 is 14.3 Å². The molecule has 0 amide bonds. The topological polar surface area (TPSA) is 69.9 Å². The van der Waals surface area contributed by atoms with E-state index in [0.29, 0.717) is 26.4 Å². The van der Waals surface area contributed by atoms with E-state index >= 15 is 0 Å². The van der Waals surface area contributed by atoms with Gasteiger partial charge in [-0.2, -0.15) is 0 Å². The quantitative estimate of drug-likeness (QED) is 0.490. The highest BCUT2D eigenvalue weighted by atomic mass is 79.9. The minimum atomic E-state index is -0.627. The van der Waals surface area contributed by atoms with Crippen molar-refractivity contribution in [1.29, 1.82) is 0 Å². The molecule has 0 fully saturated rings. The third-order valence-corrected chi connectivity index (χ3v) is 6.64. The van der Waals surface area contributed by atoms with Gasteiger partial charge in [0.1, 0.15) is 5.75 Å². The van der Waals surface area contributed by atoms with Gasteiger partial charge in [-0.15, -0.1) is 0 Å². The van der Waals surface area contributed by atoms with Crippen molar-refractivity contribution in [1.82, 2.24) is 4.57 Å². The first-order chi connectivity index (χ1) is 15.4. The first-order valence-corrected chi connectivity index (χ1v) is 11.6. The molecule has 0 saturated heterocycles. The number of carbonyl (C=O) groups excluding carboxylic acids is 1. The SMILES string of the molecule is CCOC(=O)C1=C(C)N=c2s/c(=C\c3ccccc3OC)c(=O)n2[C@H]1c1ccc(Br)cc1. The Morgan fingerprint density at radius 1 is 1.22 bits per heavy atom. The van der Waals surface area contributed by atoms with Gasteiger partial charge in [0, 0.05) is 10.0 Å². The van der Waals surface area contributed by atoms with Gasteiger partial charge in [-0.1, -0.05) is 57.6 Å². The second-order valence-corrected chi connectivity index (χ2v) is 9.02. The summed E-state index contributed by atoms with van der Waals surface area (Å²) in [4.78, 5) is 31.6. The summed E-state index contributed by atoms with van der Waals surface area (Å²) in [6.45, 7) is 3.77. The number of thiazole rings is 1. The largest absolute Gasteiger partial charge is 0.496 e. The minimum absolute atomic E-state index is 0.220. The highest BCUT2D eigenvalue weighted by Gasteiger charge is 2.33. The summed E-state index contributed by atoms with van der Waals surface area (Å²) >= 11 is 4.73. The normalized spacial score (nSPS) is 15.9. The number of benzene rings is 2. The number of allylic oxidation sites excluding steroid dienone is 1. The van der Waals surface area contributed by atoms with Crippen LogP contribution in [0.2, 0.25) is 0 Å². The van der Waals surface area contributed by atoms with Crippen molar-refractivity contribution in [3.63, 3.8) is 0 Å². The molecule has 0 spiro atoms. The molecule has 1 aliphatic heterocycles. The number of para-hydroxylation sites is 1. The van der Waals surface area contributed by atoms with E-state index in [1.807, 2.05) is 48.5 Å². The molecule has 2 heterocycles. The van der Waals surface area contributed by atoms with Crippen LogP contribution in [0.5, 0.6) is 5.75 Å². The molecule has 1 aliphatic rings. The van der Waals surface area contributed by atoms with Crippen molar-refractivity contribution >= 4 is 39.3 Å². The Labute approximate surface area is 197 Å². The zero-order valence-electron chi connectivity index (χ0n) is 17.8. The Hall–Kier alpha value is -2.97. The predicted molar refractivity (Wildman–Crippen MR) is 128 cm³/mol. The number of carbonyl (C=O) groups is 1. The Morgan fingerprint density at radius 3 is 2.62 bits per heavy atom. The second-order valence-electron chi connectivity index (χ2n) is 7.10. The lowest BCUT2D eigenvalue weighted by atomic mass is 9.96. The summed E-state index contributed by atoms with van der Waals surface area (Å²) in [7, 11) is 1.59. The standard InChI is InChI=1S/C24H21BrN2O4S/c1-4-31-23(29)20-14(2)26-24-27(21(20)15-9-11-17(25)12-10-15)22(28)19(32-24)13-16-7-5-6-8-18(16)30-3/h5-13,21H,4H2,1-3H3/b19-13-/t21-/m0/s1. The Balaban J connectivity index is 1.97. The van der Waals surface area contributed by atoms with Crippen LogP contribution in [0.15, 0.2) is 74.1 Å². The molecule has 0 radical (unpaired) electrons. The molecule has 1 aromatic heterocycles. The van der Waals surface area contributed by atoms with E-state index in [4.69, 9.17) is 9.47 Å². The van der Waals surface area contributed by atoms with E-state index in [0.717, 1.165) is 15.6 Å². The molecule has 0 aliphatic carbocycles. The van der Waals surface area contributed by atoms with Crippen molar-refractivity contribution in [2.75, 3.05) is 13.7 Å². The van der Waals surface area contributed by atoms with Crippen molar-refractivity contribution in [3.8, 4) is 5.75 Å². The number of aromatic nitrogens is 1. The van der Waals surface area contributed by atoms with Gasteiger partial charge in [-0.25, -0.2) is 9.79 Å². The van der Waals surface area contributed by atoms with Gasteiger partial charge in [0.2, 0.25) is 0 Å². The van der Waals surface area contributed by atoms with Crippen molar-refractivity contribution in [2.45, 2.75) is 19.9 Å². The summed E-state index contributed by atoms with van der Waals surface area (Å²) in [6, 6.07) is 14.4. The highest BCUT2D eigenvalue weighted by Crippen LogP contribution is 2.31. The van der Waals surface area contributed by atoms with Gasteiger partial charge in [0.25, 0.3) is 5.56 Å². The summed E-state index contributed by atoms with van der Waals surface area (Å²) in [5.41, 5.74) is 2.28. The Morgan fingerprint density at radius 2 is 1.94 bits per heavy atom. The number of esters is 1. The van der Waals surface area contributed by atoms with Crippen LogP contribution in [0, 0.1) is 0 Å². The van der Waals surface area contributed by atoms with Crippen LogP contribution in [-0.2, 0) is 9.53 Å². The molecule has 0 saturated carbocycles. The maximum atomic E-state index is 13.6. The third-order valence-electron chi connectivity index (χ3n) is 5.13. The second kappa shape index (κ2) is 9.26. The fourth-order valence-corrected chi connectivity index (χ4v) is 4.98. The molecule has 0 unspecified atom stereocenters. The van der Waals surface area contributed by atoms with Crippen LogP contribution < -0.4 is 19.6 Å². The predicted octanol–water partition coefficient (Wildman–Crippen LogP) is 3.57. The van der Waals surface area contributed by atoms with Gasteiger partial charge in [-0.05, 0) is 43.7 Å².